The van der Waals surface area contributed by atoms with Crippen LogP contribution in [0.4, 0.5) is 13.2 Å². The predicted octanol–water partition coefficient (Wildman–Crippen LogP) is 2.82. The molecule has 0 bridgehead atoms. The number of hydrogen-bond donors (Lipinski definition) is 2. The molecule has 150 valence electrons. The van der Waals surface area contributed by atoms with E-state index in [-0.39, 0.29) is 17.9 Å². The zero-order valence-corrected chi connectivity index (χ0v) is 15.8. The molecule has 0 saturated heterocycles. The maximum Gasteiger partial charge on any atom is 0.341 e. The van der Waals surface area contributed by atoms with E-state index in [0.717, 1.165) is 35.3 Å². The summed E-state index contributed by atoms with van der Waals surface area (Å²) in [5, 5.41) is 0.640. The number of alkyl halides is 2. The zero-order chi connectivity index (χ0) is 20.5. The van der Waals surface area contributed by atoms with Crippen molar-refractivity contribution in [1.29, 1.82) is 0 Å². The molecule has 0 aliphatic rings. The van der Waals surface area contributed by atoms with Crippen molar-refractivity contribution < 1.29 is 30.0 Å². The van der Waals surface area contributed by atoms with Gasteiger partial charge >= 0.3 is 5.76 Å². The molecule has 1 aromatic heterocycles. The van der Waals surface area contributed by atoms with Gasteiger partial charge in [0.05, 0.1) is 9.79 Å². The fourth-order valence-corrected chi connectivity index (χ4v) is 4.43. The molecule has 0 radical (unpaired) electrons. The number of hydrogen-bond acceptors (Lipinski definition) is 4. The number of sulfonamides is 1. The molecule has 6 nitrogen and oxygen atoms in total. The number of H-pyrrole nitrogens is 1. The number of benzene rings is 2. The van der Waals surface area contributed by atoms with Gasteiger partial charge in [-0.1, -0.05) is 0 Å². The molecular formula is C17H15F3N2O4S2. The van der Waals surface area contributed by atoms with Gasteiger partial charge in [0.15, 0.2) is 0 Å². The van der Waals surface area contributed by atoms with E-state index in [1.165, 1.54) is 12.1 Å². The first-order valence-corrected chi connectivity index (χ1v) is 11.0. The van der Waals surface area contributed by atoms with Gasteiger partial charge in [-0.2, -0.15) is 8.78 Å². The van der Waals surface area contributed by atoms with E-state index in [0.29, 0.717) is 5.39 Å². The lowest BCUT2D eigenvalue weighted by Crippen LogP contribution is -2.26. The number of aromatic amines is 1. The molecule has 0 amide bonds. The molecule has 0 saturated carbocycles. The number of nitrogens with one attached hydrogen (secondary N) is 2. The van der Waals surface area contributed by atoms with Gasteiger partial charge in [-0.3, -0.25) is 0 Å². The van der Waals surface area contributed by atoms with Crippen LogP contribution in [0, 0.1) is 5.82 Å². The van der Waals surface area contributed by atoms with E-state index in [1.54, 1.807) is 12.3 Å². The summed E-state index contributed by atoms with van der Waals surface area (Å²) in [4.78, 5) is 2.04. The number of fused-ring (bicyclic) bond motifs is 1. The topological polar surface area (TPSA) is 96.1 Å². The van der Waals surface area contributed by atoms with Crippen LogP contribution in [0.25, 0.3) is 10.9 Å². The lowest BCUT2D eigenvalue weighted by Gasteiger charge is -2.08. The smallest absolute Gasteiger partial charge is 0.341 e. The van der Waals surface area contributed by atoms with Crippen LogP contribution < -0.4 is 4.72 Å². The molecule has 0 fully saturated rings. The highest BCUT2D eigenvalue weighted by atomic mass is 32.2. The first kappa shape index (κ1) is 20.4. The third-order valence-corrected chi connectivity index (χ3v) is 6.99. The molecule has 2 aromatic carbocycles. The number of rotatable bonds is 7. The van der Waals surface area contributed by atoms with E-state index in [4.69, 9.17) is 0 Å². The standard InChI is InChI=1S/C17H15F3N2O4S2/c18-12-1-6-16-15(9-12)11(10-21-16)7-8-22-28(25,26)14-4-2-13(3-5-14)27(23,24)17(19)20/h1-6,9-10,17,21-22H,7-8H2. The minimum Gasteiger partial charge on any atom is -0.361 e. The Hall–Kier alpha value is -2.37. The molecule has 3 rings (SSSR count). The van der Waals surface area contributed by atoms with Gasteiger partial charge in [-0.25, -0.2) is 25.9 Å². The molecule has 3 aromatic rings. The van der Waals surface area contributed by atoms with Crippen molar-refractivity contribution in [3.8, 4) is 0 Å². The average molecular weight is 432 g/mol. The van der Waals surface area contributed by atoms with Crippen LogP contribution in [0.3, 0.4) is 0 Å². The highest BCUT2D eigenvalue weighted by Crippen LogP contribution is 2.21. The van der Waals surface area contributed by atoms with Crippen LogP contribution in [-0.4, -0.2) is 34.1 Å². The fraction of sp³-hybridized carbons (Fsp3) is 0.176. The van der Waals surface area contributed by atoms with Crippen LogP contribution in [-0.2, 0) is 26.3 Å². The van der Waals surface area contributed by atoms with Gasteiger partial charge < -0.3 is 4.98 Å². The molecule has 0 unspecified atom stereocenters. The highest BCUT2D eigenvalue weighted by Gasteiger charge is 2.27. The largest absolute Gasteiger partial charge is 0.361 e. The van der Waals surface area contributed by atoms with E-state index < -0.39 is 36.3 Å². The van der Waals surface area contributed by atoms with Gasteiger partial charge in [0.1, 0.15) is 5.82 Å². The second-order valence-electron chi connectivity index (χ2n) is 5.93. The van der Waals surface area contributed by atoms with Crippen molar-refractivity contribution in [3.63, 3.8) is 0 Å². The van der Waals surface area contributed by atoms with Crippen molar-refractivity contribution in [2.75, 3.05) is 6.54 Å². The number of sulfone groups is 1. The first-order valence-electron chi connectivity index (χ1n) is 7.98. The van der Waals surface area contributed by atoms with Crippen molar-refractivity contribution in [1.82, 2.24) is 9.71 Å². The van der Waals surface area contributed by atoms with Crippen molar-refractivity contribution in [2.24, 2.45) is 0 Å². The molecule has 0 atom stereocenters. The second-order valence-corrected chi connectivity index (χ2v) is 9.61. The predicted molar refractivity (Wildman–Crippen MR) is 96.8 cm³/mol. The molecular weight excluding hydrogens is 417 g/mol. The Balaban J connectivity index is 1.71. The van der Waals surface area contributed by atoms with Gasteiger partial charge in [0, 0.05) is 23.6 Å². The molecule has 28 heavy (non-hydrogen) atoms. The molecule has 0 spiro atoms. The summed E-state index contributed by atoms with van der Waals surface area (Å²) >= 11 is 0. The lowest BCUT2D eigenvalue weighted by atomic mass is 10.1. The summed E-state index contributed by atoms with van der Waals surface area (Å²) in [6.45, 7) is 0.00286. The Morgan fingerprint density at radius 1 is 0.964 bits per heavy atom. The molecule has 1 heterocycles. The summed E-state index contributed by atoms with van der Waals surface area (Å²) in [6, 6.07) is 7.75. The number of aromatic nitrogens is 1. The Labute approximate surface area is 159 Å². The Bertz CT molecular complexity index is 1200. The maximum absolute atomic E-state index is 13.4. The van der Waals surface area contributed by atoms with E-state index >= 15 is 0 Å². The maximum atomic E-state index is 13.4. The quantitative estimate of drug-likeness (QED) is 0.600. The average Bonchev–Trinajstić information content (AvgIpc) is 3.04. The summed E-state index contributed by atoms with van der Waals surface area (Å²) in [6.07, 6.45) is 1.93. The van der Waals surface area contributed by atoms with Gasteiger partial charge in [-0.05, 0) is 54.4 Å². The van der Waals surface area contributed by atoms with Crippen LogP contribution in [0.2, 0.25) is 0 Å². The van der Waals surface area contributed by atoms with Crippen molar-refractivity contribution >= 4 is 30.8 Å². The van der Waals surface area contributed by atoms with Crippen LogP contribution in [0.15, 0.2) is 58.5 Å². The Kier molecular flexibility index (Phi) is 5.50. The second kappa shape index (κ2) is 7.57. The minimum absolute atomic E-state index is 0.00286. The molecule has 11 heteroatoms. The van der Waals surface area contributed by atoms with E-state index in [2.05, 4.69) is 9.71 Å². The summed E-state index contributed by atoms with van der Waals surface area (Å²) in [5.41, 5.74) is 1.44. The highest BCUT2D eigenvalue weighted by molar-refractivity contribution is 7.91. The lowest BCUT2D eigenvalue weighted by molar-refractivity contribution is 0.234. The summed E-state index contributed by atoms with van der Waals surface area (Å²) in [7, 11) is -8.77. The SMILES string of the molecule is O=S(=O)(NCCc1c[nH]c2ccc(F)cc12)c1ccc(S(=O)(=O)C(F)F)cc1. The normalized spacial score (nSPS) is 12.7. The molecule has 0 aliphatic carbocycles. The molecule has 2 N–H and O–H groups in total. The first-order chi connectivity index (χ1) is 13.1. The van der Waals surface area contributed by atoms with Gasteiger partial charge in [0.25, 0.3) is 0 Å². The van der Waals surface area contributed by atoms with Crippen molar-refractivity contribution in [2.45, 2.75) is 22.0 Å². The van der Waals surface area contributed by atoms with Crippen LogP contribution >= 0.6 is 0 Å². The summed E-state index contributed by atoms with van der Waals surface area (Å²) in [5.74, 6) is -4.00. The fourth-order valence-electron chi connectivity index (χ4n) is 2.67. The zero-order valence-electron chi connectivity index (χ0n) is 14.2. The Morgan fingerprint density at radius 2 is 1.61 bits per heavy atom. The van der Waals surface area contributed by atoms with Crippen molar-refractivity contribution in [3.05, 3.63) is 60.0 Å². The third-order valence-electron chi connectivity index (χ3n) is 4.11. The van der Waals surface area contributed by atoms with Crippen LogP contribution in [0.1, 0.15) is 5.56 Å². The van der Waals surface area contributed by atoms with E-state index in [9.17, 15) is 30.0 Å². The van der Waals surface area contributed by atoms with Crippen LogP contribution in [0.5, 0.6) is 0 Å². The van der Waals surface area contributed by atoms with E-state index in [1.807, 2.05) is 0 Å². The Morgan fingerprint density at radius 3 is 2.25 bits per heavy atom. The third kappa shape index (κ3) is 4.05. The minimum atomic E-state index is -4.79. The van der Waals surface area contributed by atoms with Gasteiger partial charge in [-0.15, -0.1) is 0 Å². The molecule has 0 aliphatic heterocycles. The number of halogens is 3. The summed E-state index contributed by atoms with van der Waals surface area (Å²) < 4.78 is 88.1. The van der Waals surface area contributed by atoms with Gasteiger partial charge in [0.2, 0.25) is 19.9 Å². The monoisotopic (exact) mass is 432 g/mol.